The summed E-state index contributed by atoms with van der Waals surface area (Å²) in [5, 5.41) is 0. The number of nitrogens with zero attached hydrogens (tertiary/aromatic N) is 1. The van der Waals surface area contributed by atoms with Crippen LogP contribution in [0, 0.1) is 0 Å². The average Bonchev–Trinajstić information content (AvgIpc) is 2.64. The summed E-state index contributed by atoms with van der Waals surface area (Å²) < 4.78 is 40.4. The summed E-state index contributed by atoms with van der Waals surface area (Å²) in [5.41, 5.74) is 1.01. The van der Waals surface area contributed by atoms with E-state index < -0.39 is 10.2 Å². The number of benzene rings is 1. The topological polar surface area (TPSA) is 67.9 Å². The average molecular weight is 385 g/mol. The van der Waals surface area contributed by atoms with Crippen molar-refractivity contribution in [3.8, 4) is 11.5 Å². The molecule has 0 aliphatic heterocycles. The maximum absolute atomic E-state index is 12.5. The Morgan fingerprint density at radius 3 is 2.38 bits per heavy atom. The van der Waals surface area contributed by atoms with Crippen molar-refractivity contribution in [1.82, 2.24) is 9.03 Å². The highest BCUT2D eigenvalue weighted by molar-refractivity contribution is 7.87. The standard InChI is InChI=1S/C19H32N2O4S/c1-4-24-18-12-11-16(15-19(18)25-5-2)13-14-20-26(22,23)21(3)17-9-7-6-8-10-17/h11-12,15,17,20H,4-10,13-14H2,1-3H3. The van der Waals surface area contributed by atoms with Gasteiger partial charge in [0.1, 0.15) is 0 Å². The minimum Gasteiger partial charge on any atom is -0.490 e. The summed E-state index contributed by atoms with van der Waals surface area (Å²) in [6, 6.07) is 5.88. The molecule has 1 fully saturated rings. The van der Waals surface area contributed by atoms with Gasteiger partial charge in [0.2, 0.25) is 0 Å². The summed E-state index contributed by atoms with van der Waals surface area (Å²) in [4.78, 5) is 0. The zero-order valence-corrected chi connectivity index (χ0v) is 17.0. The van der Waals surface area contributed by atoms with Crippen molar-refractivity contribution < 1.29 is 17.9 Å². The van der Waals surface area contributed by atoms with Crippen molar-refractivity contribution >= 4 is 10.2 Å². The van der Waals surface area contributed by atoms with Gasteiger partial charge in [0.25, 0.3) is 10.2 Å². The van der Waals surface area contributed by atoms with Crippen LogP contribution >= 0.6 is 0 Å². The van der Waals surface area contributed by atoms with Crippen LogP contribution < -0.4 is 14.2 Å². The van der Waals surface area contributed by atoms with Crippen molar-refractivity contribution in [2.45, 2.75) is 58.4 Å². The number of hydrogen-bond donors (Lipinski definition) is 1. The maximum Gasteiger partial charge on any atom is 0.279 e. The predicted octanol–water partition coefficient (Wildman–Crippen LogP) is 3.13. The van der Waals surface area contributed by atoms with Gasteiger partial charge in [-0.05, 0) is 50.8 Å². The second-order valence-corrected chi connectivity index (χ2v) is 8.42. The van der Waals surface area contributed by atoms with E-state index in [1.165, 1.54) is 10.7 Å². The maximum atomic E-state index is 12.5. The molecule has 0 radical (unpaired) electrons. The Hall–Kier alpha value is -1.31. The van der Waals surface area contributed by atoms with E-state index >= 15 is 0 Å². The molecule has 1 aromatic carbocycles. The molecule has 0 unspecified atom stereocenters. The number of hydrogen-bond acceptors (Lipinski definition) is 4. The van der Waals surface area contributed by atoms with Gasteiger partial charge in [-0.15, -0.1) is 0 Å². The van der Waals surface area contributed by atoms with Gasteiger partial charge >= 0.3 is 0 Å². The van der Waals surface area contributed by atoms with E-state index in [1.807, 2.05) is 32.0 Å². The van der Waals surface area contributed by atoms with Crippen molar-refractivity contribution in [2.24, 2.45) is 0 Å². The fourth-order valence-corrected chi connectivity index (χ4v) is 4.49. The molecule has 148 valence electrons. The van der Waals surface area contributed by atoms with Crippen LogP contribution in [0.3, 0.4) is 0 Å². The highest BCUT2D eigenvalue weighted by Crippen LogP contribution is 2.28. The fourth-order valence-electron chi connectivity index (χ4n) is 3.32. The van der Waals surface area contributed by atoms with Gasteiger partial charge in [-0.1, -0.05) is 25.3 Å². The van der Waals surface area contributed by atoms with Gasteiger partial charge < -0.3 is 9.47 Å². The molecular formula is C19H32N2O4S. The van der Waals surface area contributed by atoms with Crippen LogP contribution in [0.1, 0.15) is 51.5 Å². The lowest BCUT2D eigenvalue weighted by Crippen LogP contribution is -2.45. The normalized spacial score (nSPS) is 16.0. The van der Waals surface area contributed by atoms with E-state index in [0.29, 0.717) is 31.9 Å². The quantitative estimate of drug-likeness (QED) is 0.673. The van der Waals surface area contributed by atoms with Crippen LogP contribution in [0.15, 0.2) is 18.2 Å². The Balaban J connectivity index is 1.92. The third-order valence-electron chi connectivity index (χ3n) is 4.77. The molecule has 1 aliphatic carbocycles. The van der Waals surface area contributed by atoms with Gasteiger partial charge in [-0.2, -0.15) is 12.7 Å². The highest BCUT2D eigenvalue weighted by Gasteiger charge is 2.27. The Bertz CT molecular complexity index is 658. The first-order valence-corrected chi connectivity index (χ1v) is 11.0. The molecule has 26 heavy (non-hydrogen) atoms. The molecule has 1 N–H and O–H groups in total. The SMILES string of the molecule is CCOc1ccc(CCNS(=O)(=O)N(C)C2CCCCC2)cc1OCC. The fraction of sp³-hybridized carbons (Fsp3) is 0.684. The number of nitrogens with one attached hydrogen (secondary N) is 1. The molecule has 1 aromatic rings. The van der Waals surface area contributed by atoms with E-state index in [-0.39, 0.29) is 6.04 Å². The molecule has 0 spiro atoms. The highest BCUT2D eigenvalue weighted by atomic mass is 32.2. The van der Waals surface area contributed by atoms with Gasteiger partial charge in [0.15, 0.2) is 11.5 Å². The molecule has 1 aliphatic rings. The van der Waals surface area contributed by atoms with Crippen LogP contribution in [-0.4, -0.2) is 45.6 Å². The van der Waals surface area contributed by atoms with Gasteiger partial charge in [0, 0.05) is 19.6 Å². The smallest absolute Gasteiger partial charge is 0.279 e. The van der Waals surface area contributed by atoms with E-state index in [2.05, 4.69) is 4.72 Å². The molecule has 0 aromatic heterocycles. The Labute approximate surface area is 158 Å². The van der Waals surface area contributed by atoms with Crippen molar-refractivity contribution in [2.75, 3.05) is 26.8 Å². The van der Waals surface area contributed by atoms with Gasteiger partial charge in [0.05, 0.1) is 13.2 Å². The summed E-state index contributed by atoms with van der Waals surface area (Å²) in [5.74, 6) is 1.42. The van der Waals surface area contributed by atoms with E-state index in [9.17, 15) is 8.42 Å². The van der Waals surface area contributed by atoms with Crippen LogP contribution in [0.2, 0.25) is 0 Å². The number of rotatable bonds is 10. The second-order valence-electron chi connectivity index (χ2n) is 6.60. The predicted molar refractivity (Wildman–Crippen MR) is 104 cm³/mol. The van der Waals surface area contributed by atoms with E-state index in [0.717, 1.165) is 37.0 Å². The third-order valence-corrected chi connectivity index (χ3v) is 6.40. The van der Waals surface area contributed by atoms with Crippen LogP contribution in [0.5, 0.6) is 11.5 Å². The lowest BCUT2D eigenvalue weighted by molar-refractivity contribution is 0.283. The second kappa shape index (κ2) is 10.1. The molecule has 2 rings (SSSR count). The molecule has 0 amide bonds. The summed E-state index contributed by atoms with van der Waals surface area (Å²) in [6.45, 7) is 5.35. The summed E-state index contributed by atoms with van der Waals surface area (Å²) in [6.07, 6.45) is 5.93. The summed E-state index contributed by atoms with van der Waals surface area (Å²) >= 11 is 0. The Morgan fingerprint density at radius 2 is 1.73 bits per heavy atom. The van der Waals surface area contributed by atoms with E-state index in [1.54, 1.807) is 7.05 Å². The largest absolute Gasteiger partial charge is 0.490 e. The zero-order valence-electron chi connectivity index (χ0n) is 16.2. The van der Waals surface area contributed by atoms with Crippen LogP contribution in [0.25, 0.3) is 0 Å². The first-order valence-electron chi connectivity index (χ1n) is 9.59. The van der Waals surface area contributed by atoms with Gasteiger partial charge in [-0.3, -0.25) is 0 Å². The Morgan fingerprint density at radius 1 is 1.08 bits per heavy atom. The monoisotopic (exact) mass is 384 g/mol. The van der Waals surface area contributed by atoms with Crippen molar-refractivity contribution in [3.63, 3.8) is 0 Å². The molecule has 0 atom stereocenters. The molecule has 0 heterocycles. The molecule has 0 saturated heterocycles. The molecule has 0 bridgehead atoms. The minimum absolute atomic E-state index is 0.122. The molecule has 6 nitrogen and oxygen atoms in total. The summed E-state index contributed by atoms with van der Waals surface area (Å²) in [7, 11) is -1.76. The Kier molecular flexibility index (Phi) is 8.18. The number of ether oxygens (including phenoxy) is 2. The van der Waals surface area contributed by atoms with Crippen LogP contribution in [-0.2, 0) is 16.6 Å². The lowest BCUT2D eigenvalue weighted by atomic mass is 9.96. The van der Waals surface area contributed by atoms with Gasteiger partial charge in [-0.25, -0.2) is 4.72 Å². The third kappa shape index (κ3) is 5.86. The van der Waals surface area contributed by atoms with Crippen molar-refractivity contribution in [1.29, 1.82) is 0 Å². The molecule has 7 heteroatoms. The van der Waals surface area contributed by atoms with Crippen LogP contribution in [0.4, 0.5) is 0 Å². The first-order chi connectivity index (χ1) is 12.5. The van der Waals surface area contributed by atoms with E-state index in [4.69, 9.17) is 9.47 Å². The molecule has 1 saturated carbocycles. The molecular weight excluding hydrogens is 352 g/mol. The van der Waals surface area contributed by atoms with Crippen molar-refractivity contribution in [3.05, 3.63) is 23.8 Å². The first kappa shape index (κ1) is 21.0. The lowest BCUT2D eigenvalue weighted by Gasteiger charge is -2.30. The zero-order chi connectivity index (χ0) is 19.0. The minimum atomic E-state index is -3.44.